The van der Waals surface area contributed by atoms with Gasteiger partial charge in [-0.1, -0.05) is 0 Å². The summed E-state index contributed by atoms with van der Waals surface area (Å²) in [6.07, 6.45) is 1.08. The zero-order valence-electron chi connectivity index (χ0n) is 12.3. The van der Waals surface area contributed by atoms with Crippen LogP contribution in [-0.2, 0) is 4.74 Å². The van der Waals surface area contributed by atoms with Crippen molar-refractivity contribution in [2.45, 2.75) is 32.3 Å². The Bertz CT molecular complexity index is 438. The number of carbonyl (C=O) groups excluding carboxylic acids is 1. The summed E-state index contributed by atoms with van der Waals surface area (Å²) in [4.78, 5) is 12.2. The average Bonchev–Trinajstić information content (AvgIpc) is 2.44. The first-order valence-corrected chi connectivity index (χ1v) is 6.24. The molecule has 0 unspecified atom stereocenters. The highest BCUT2D eigenvalue weighted by atomic mass is 16.5. The molecule has 4 nitrogen and oxygen atoms in total. The Kier molecular flexibility index (Phi) is 5.36. The lowest BCUT2D eigenvalue weighted by atomic mass is 9.97. The van der Waals surface area contributed by atoms with Gasteiger partial charge in [0.2, 0.25) is 0 Å². The lowest BCUT2D eigenvalue weighted by molar-refractivity contribution is 0.0141. The smallest absolute Gasteiger partial charge is 0.166 e. The number of ketones is 1. The Morgan fingerprint density at radius 3 is 2.37 bits per heavy atom. The molecular weight excluding hydrogens is 244 g/mol. The van der Waals surface area contributed by atoms with Crippen molar-refractivity contribution in [2.24, 2.45) is 0 Å². The summed E-state index contributed by atoms with van der Waals surface area (Å²) in [5.41, 5.74) is 0.283. The topological polar surface area (TPSA) is 44.8 Å². The molecular formula is C15H22O4. The van der Waals surface area contributed by atoms with E-state index in [-0.39, 0.29) is 11.4 Å². The molecule has 0 fully saturated rings. The fourth-order valence-electron chi connectivity index (χ4n) is 1.68. The predicted octanol–water partition coefficient (Wildman–Crippen LogP) is 3.09. The quantitative estimate of drug-likeness (QED) is 0.711. The molecule has 4 heteroatoms. The van der Waals surface area contributed by atoms with E-state index in [2.05, 4.69) is 0 Å². The molecule has 0 N–H and O–H groups in total. The third-order valence-corrected chi connectivity index (χ3v) is 3.22. The van der Waals surface area contributed by atoms with Crippen LogP contribution < -0.4 is 9.47 Å². The van der Waals surface area contributed by atoms with Gasteiger partial charge in [0.1, 0.15) is 11.5 Å². The Labute approximate surface area is 114 Å². The van der Waals surface area contributed by atoms with Crippen LogP contribution in [0.1, 0.15) is 37.0 Å². The van der Waals surface area contributed by atoms with Crippen LogP contribution in [0.5, 0.6) is 11.5 Å². The lowest BCUT2D eigenvalue weighted by Crippen LogP contribution is -2.23. The molecule has 0 amide bonds. The maximum atomic E-state index is 12.2. The van der Waals surface area contributed by atoms with Crippen molar-refractivity contribution in [2.75, 3.05) is 21.3 Å². The van der Waals surface area contributed by atoms with Gasteiger partial charge in [0.25, 0.3) is 0 Å². The van der Waals surface area contributed by atoms with E-state index in [1.807, 2.05) is 13.8 Å². The number of methoxy groups -OCH3 is 3. The van der Waals surface area contributed by atoms with Crippen molar-refractivity contribution < 1.29 is 19.0 Å². The first kappa shape index (κ1) is 15.5. The minimum atomic E-state index is -0.296. The molecule has 0 bridgehead atoms. The summed E-state index contributed by atoms with van der Waals surface area (Å²) >= 11 is 0. The normalized spacial score (nSPS) is 11.2. The van der Waals surface area contributed by atoms with Gasteiger partial charge in [-0.15, -0.1) is 0 Å². The van der Waals surface area contributed by atoms with Gasteiger partial charge >= 0.3 is 0 Å². The van der Waals surface area contributed by atoms with Gasteiger partial charge in [-0.05, 0) is 32.4 Å². The Morgan fingerprint density at radius 1 is 1.16 bits per heavy atom. The third-order valence-electron chi connectivity index (χ3n) is 3.22. The molecule has 0 aromatic heterocycles. The highest BCUT2D eigenvalue weighted by molar-refractivity contribution is 5.98. The molecule has 0 spiro atoms. The van der Waals surface area contributed by atoms with Gasteiger partial charge in [0, 0.05) is 19.6 Å². The van der Waals surface area contributed by atoms with Gasteiger partial charge in [-0.2, -0.15) is 0 Å². The van der Waals surface area contributed by atoms with E-state index in [0.29, 0.717) is 29.9 Å². The molecule has 0 radical (unpaired) electrons. The Morgan fingerprint density at radius 2 is 1.84 bits per heavy atom. The number of hydrogen-bond acceptors (Lipinski definition) is 4. The summed E-state index contributed by atoms with van der Waals surface area (Å²) in [6.45, 7) is 3.93. The highest BCUT2D eigenvalue weighted by Gasteiger charge is 2.20. The third kappa shape index (κ3) is 4.24. The fourth-order valence-corrected chi connectivity index (χ4v) is 1.68. The Balaban J connectivity index is 2.82. The zero-order valence-corrected chi connectivity index (χ0v) is 12.3. The number of rotatable bonds is 7. The van der Waals surface area contributed by atoms with Gasteiger partial charge in [-0.3, -0.25) is 4.79 Å². The van der Waals surface area contributed by atoms with E-state index in [0.717, 1.165) is 0 Å². The molecule has 0 saturated heterocycles. The van der Waals surface area contributed by atoms with E-state index >= 15 is 0 Å². The number of carbonyl (C=O) groups is 1. The zero-order chi connectivity index (χ0) is 14.5. The van der Waals surface area contributed by atoms with Crippen molar-refractivity contribution in [3.05, 3.63) is 23.8 Å². The minimum absolute atomic E-state index is 0.0460. The van der Waals surface area contributed by atoms with Crippen LogP contribution in [0.4, 0.5) is 0 Å². The first-order chi connectivity index (χ1) is 8.93. The summed E-state index contributed by atoms with van der Waals surface area (Å²) in [5, 5.41) is 0. The maximum absolute atomic E-state index is 12.2. The average molecular weight is 266 g/mol. The molecule has 0 aliphatic heterocycles. The van der Waals surface area contributed by atoms with Crippen molar-refractivity contribution in [1.29, 1.82) is 0 Å². The van der Waals surface area contributed by atoms with E-state index < -0.39 is 0 Å². The maximum Gasteiger partial charge on any atom is 0.166 e. The minimum Gasteiger partial charge on any atom is -0.497 e. The van der Waals surface area contributed by atoms with Gasteiger partial charge in [0.05, 0.1) is 25.4 Å². The van der Waals surface area contributed by atoms with E-state index in [1.54, 1.807) is 39.5 Å². The van der Waals surface area contributed by atoms with E-state index in [9.17, 15) is 4.79 Å². The number of benzene rings is 1. The highest BCUT2D eigenvalue weighted by Crippen LogP contribution is 2.27. The van der Waals surface area contributed by atoms with E-state index in [4.69, 9.17) is 14.2 Å². The van der Waals surface area contributed by atoms with Gasteiger partial charge < -0.3 is 14.2 Å². The lowest BCUT2D eigenvalue weighted by Gasteiger charge is -2.22. The summed E-state index contributed by atoms with van der Waals surface area (Å²) in [7, 11) is 4.78. The molecule has 0 saturated carbocycles. The van der Waals surface area contributed by atoms with E-state index in [1.165, 1.54) is 0 Å². The molecule has 19 heavy (non-hydrogen) atoms. The summed E-state index contributed by atoms with van der Waals surface area (Å²) < 4.78 is 15.7. The molecule has 0 aliphatic rings. The van der Waals surface area contributed by atoms with Gasteiger partial charge in [-0.25, -0.2) is 0 Å². The molecule has 1 aromatic rings. The second kappa shape index (κ2) is 6.57. The van der Waals surface area contributed by atoms with Crippen molar-refractivity contribution in [3.63, 3.8) is 0 Å². The molecule has 0 heterocycles. The largest absolute Gasteiger partial charge is 0.497 e. The number of hydrogen-bond donors (Lipinski definition) is 0. The number of Topliss-reactive ketones (excluding diaryl/α,β-unsaturated/α-hetero) is 1. The summed E-state index contributed by atoms with van der Waals surface area (Å²) in [6, 6.07) is 5.21. The molecule has 106 valence electrons. The number of ether oxygens (including phenoxy) is 3. The van der Waals surface area contributed by atoms with Crippen LogP contribution in [0.2, 0.25) is 0 Å². The second-order valence-electron chi connectivity index (χ2n) is 4.95. The van der Waals surface area contributed by atoms with Crippen molar-refractivity contribution in [3.8, 4) is 11.5 Å². The Hall–Kier alpha value is -1.55. The monoisotopic (exact) mass is 266 g/mol. The predicted molar refractivity (Wildman–Crippen MR) is 74.2 cm³/mol. The molecule has 1 rings (SSSR count). The van der Waals surface area contributed by atoms with Crippen molar-refractivity contribution >= 4 is 5.78 Å². The molecule has 1 aromatic carbocycles. The van der Waals surface area contributed by atoms with Gasteiger partial charge in [0.15, 0.2) is 5.78 Å². The van der Waals surface area contributed by atoms with Crippen LogP contribution in [0.15, 0.2) is 18.2 Å². The SMILES string of the molecule is COc1ccc(C(=O)CCC(C)(C)OC)c(OC)c1. The van der Waals surface area contributed by atoms with Crippen LogP contribution in [-0.4, -0.2) is 32.7 Å². The van der Waals surface area contributed by atoms with Crippen LogP contribution in [0.25, 0.3) is 0 Å². The van der Waals surface area contributed by atoms with Crippen LogP contribution in [0.3, 0.4) is 0 Å². The molecule has 0 aliphatic carbocycles. The molecule has 0 atom stereocenters. The standard InChI is InChI=1S/C15H22O4/c1-15(2,19-5)9-8-13(16)12-7-6-11(17-3)10-14(12)18-4/h6-7,10H,8-9H2,1-5H3. The fraction of sp³-hybridized carbons (Fsp3) is 0.533. The first-order valence-electron chi connectivity index (χ1n) is 6.24. The van der Waals surface area contributed by atoms with Crippen LogP contribution >= 0.6 is 0 Å². The van der Waals surface area contributed by atoms with Crippen molar-refractivity contribution in [1.82, 2.24) is 0 Å². The summed E-state index contributed by atoms with van der Waals surface area (Å²) in [5.74, 6) is 1.26. The van der Waals surface area contributed by atoms with Crippen LogP contribution in [0, 0.1) is 0 Å². The second-order valence-corrected chi connectivity index (χ2v) is 4.95.